The Bertz CT molecular complexity index is 441. The standard InChI is InChI=1S/C15H23NO3S/c1-16-15-13-7-12(19-2)5-3-10(13)4-6-14(15)20-9-11(18)8-17/h3,5,7,11,14-18H,4,6,8-9H2,1-2H3. The first-order chi connectivity index (χ1) is 9.69. The van der Waals surface area contributed by atoms with Gasteiger partial charge in [0.25, 0.3) is 0 Å². The lowest BCUT2D eigenvalue weighted by atomic mass is 9.87. The predicted molar refractivity (Wildman–Crippen MR) is 82.5 cm³/mol. The normalized spacial score (nSPS) is 23.2. The van der Waals surface area contributed by atoms with Gasteiger partial charge in [-0.15, -0.1) is 0 Å². The van der Waals surface area contributed by atoms with Crippen LogP contribution in [0.3, 0.4) is 0 Å². The largest absolute Gasteiger partial charge is 0.497 e. The summed E-state index contributed by atoms with van der Waals surface area (Å²) in [5.41, 5.74) is 2.65. The van der Waals surface area contributed by atoms with E-state index in [1.54, 1.807) is 18.9 Å². The molecule has 0 saturated carbocycles. The van der Waals surface area contributed by atoms with Gasteiger partial charge in [0, 0.05) is 17.0 Å². The molecule has 112 valence electrons. The van der Waals surface area contributed by atoms with E-state index in [-0.39, 0.29) is 12.6 Å². The van der Waals surface area contributed by atoms with Crippen molar-refractivity contribution in [3.05, 3.63) is 29.3 Å². The zero-order chi connectivity index (χ0) is 14.5. The van der Waals surface area contributed by atoms with E-state index in [9.17, 15) is 5.11 Å². The van der Waals surface area contributed by atoms with Crippen molar-refractivity contribution in [2.45, 2.75) is 30.2 Å². The molecule has 0 fully saturated rings. The molecule has 0 radical (unpaired) electrons. The number of aliphatic hydroxyl groups is 2. The molecule has 0 aliphatic heterocycles. The van der Waals surface area contributed by atoms with Crippen molar-refractivity contribution in [3.63, 3.8) is 0 Å². The summed E-state index contributed by atoms with van der Waals surface area (Å²) in [6.45, 7) is -0.172. The molecule has 3 atom stereocenters. The van der Waals surface area contributed by atoms with Gasteiger partial charge in [-0.2, -0.15) is 11.8 Å². The van der Waals surface area contributed by atoms with Crippen LogP contribution in [0.15, 0.2) is 18.2 Å². The molecule has 4 nitrogen and oxygen atoms in total. The minimum Gasteiger partial charge on any atom is -0.497 e. The molecule has 0 aromatic heterocycles. The van der Waals surface area contributed by atoms with Gasteiger partial charge in [-0.1, -0.05) is 6.07 Å². The number of methoxy groups -OCH3 is 1. The fourth-order valence-corrected chi connectivity index (χ4v) is 4.02. The minimum atomic E-state index is -0.635. The molecule has 20 heavy (non-hydrogen) atoms. The molecular formula is C15H23NO3S. The highest BCUT2D eigenvalue weighted by Gasteiger charge is 2.29. The summed E-state index contributed by atoms with van der Waals surface area (Å²) in [7, 11) is 3.65. The Hall–Kier alpha value is -0.750. The van der Waals surface area contributed by atoms with Gasteiger partial charge in [-0.25, -0.2) is 0 Å². The lowest BCUT2D eigenvalue weighted by molar-refractivity contribution is 0.113. The highest BCUT2D eigenvalue weighted by molar-refractivity contribution is 8.00. The number of hydrogen-bond donors (Lipinski definition) is 3. The van der Waals surface area contributed by atoms with Crippen LogP contribution in [0.4, 0.5) is 0 Å². The molecule has 3 N–H and O–H groups in total. The monoisotopic (exact) mass is 297 g/mol. The van der Waals surface area contributed by atoms with Crippen LogP contribution in [0.2, 0.25) is 0 Å². The zero-order valence-corrected chi connectivity index (χ0v) is 12.8. The molecule has 1 aliphatic rings. The number of ether oxygens (including phenoxy) is 1. The number of hydrogen-bond acceptors (Lipinski definition) is 5. The lowest BCUT2D eigenvalue weighted by Gasteiger charge is -2.33. The summed E-state index contributed by atoms with van der Waals surface area (Å²) in [6.07, 6.45) is 1.49. The number of aryl methyl sites for hydroxylation is 1. The lowest BCUT2D eigenvalue weighted by Crippen LogP contribution is -2.33. The molecule has 1 aromatic carbocycles. The van der Waals surface area contributed by atoms with Crippen LogP contribution >= 0.6 is 11.8 Å². The maximum atomic E-state index is 9.51. The Morgan fingerprint density at radius 3 is 2.95 bits per heavy atom. The van der Waals surface area contributed by atoms with Gasteiger partial charge in [0.1, 0.15) is 5.75 Å². The van der Waals surface area contributed by atoms with Crippen LogP contribution in [0.25, 0.3) is 0 Å². The van der Waals surface area contributed by atoms with Gasteiger partial charge in [-0.05, 0) is 43.1 Å². The SMILES string of the molecule is CNC1c2cc(OC)ccc2CCC1SCC(O)CO. The summed E-state index contributed by atoms with van der Waals surface area (Å²) >= 11 is 1.73. The quantitative estimate of drug-likeness (QED) is 0.740. The van der Waals surface area contributed by atoms with E-state index in [2.05, 4.69) is 17.4 Å². The molecule has 0 bridgehead atoms. The van der Waals surface area contributed by atoms with Crippen molar-refractivity contribution in [2.75, 3.05) is 26.5 Å². The summed E-state index contributed by atoms with van der Waals surface area (Å²) in [6, 6.07) is 6.51. The summed E-state index contributed by atoms with van der Waals surface area (Å²) in [5, 5.41) is 22.2. The smallest absolute Gasteiger partial charge is 0.119 e. The molecule has 5 heteroatoms. The van der Waals surface area contributed by atoms with Crippen LogP contribution in [-0.4, -0.2) is 48.1 Å². The second-order valence-electron chi connectivity index (χ2n) is 5.08. The maximum Gasteiger partial charge on any atom is 0.119 e. The first kappa shape index (κ1) is 15.6. The van der Waals surface area contributed by atoms with Crippen LogP contribution in [0.1, 0.15) is 23.6 Å². The van der Waals surface area contributed by atoms with Gasteiger partial charge >= 0.3 is 0 Å². The maximum absolute atomic E-state index is 9.51. The van der Waals surface area contributed by atoms with Crippen LogP contribution in [0.5, 0.6) is 5.75 Å². The van der Waals surface area contributed by atoms with E-state index >= 15 is 0 Å². The van der Waals surface area contributed by atoms with Crippen molar-refractivity contribution in [3.8, 4) is 5.75 Å². The molecule has 1 aliphatic carbocycles. The van der Waals surface area contributed by atoms with Gasteiger partial charge in [0.2, 0.25) is 0 Å². The highest BCUT2D eigenvalue weighted by atomic mass is 32.2. The first-order valence-electron chi connectivity index (χ1n) is 6.94. The molecule has 0 amide bonds. The average molecular weight is 297 g/mol. The second-order valence-corrected chi connectivity index (χ2v) is 6.35. The molecule has 0 heterocycles. The Labute approximate surface area is 124 Å². The van der Waals surface area contributed by atoms with E-state index in [0.29, 0.717) is 11.0 Å². The number of aliphatic hydroxyl groups excluding tert-OH is 2. The molecule has 3 unspecified atom stereocenters. The third kappa shape index (κ3) is 3.47. The molecule has 0 saturated heterocycles. The highest BCUT2D eigenvalue weighted by Crippen LogP contribution is 2.38. The number of rotatable bonds is 6. The molecule has 2 rings (SSSR count). The van der Waals surface area contributed by atoms with Crippen molar-refractivity contribution < 1.29 is 14.9 Å². The van der Waals surface area contributed by atoms with E-state index in [1.807, 2.05) is 13.1 Å². The summed E-state index contributed by atoms with van der Waals surface area (Å²) in [5.74, 6) is 1.45. The van der Waals surface area contributed by atoms with Crippen LogP contribution < -0.4 is 10.1 Å². The Balaban J connectivity index is 2.14. The summed E-state index contributed by atoms with van der Waals surface area (Å²) in [4.78, 5) is 0. The third-order valence-electron chi connectivity index (χ3n) is 3.78. The van der Waals surface area contributed by atoms with Crippen molar-refractivity contribution in [2.24, 2.45) is 0 Å². The topological polar surface area (TPSA) is 61.7 Å². The van der Waals surface area contributed by atoms with Crippen molar-refractivity contribution >= 4 is 11.8 Å². The zero-order valence-electron chi connectivity index (χ0n) is 12.0. The fraction of sp³-hybridized carbons (Fsp3) is 0.600. The fourth-order valence-electron chi connectivity index (χ4n) is 2.69. The Kier molecular flexibility index (Phi) is 5.72. The van der Waals surface area contributed by atoms with Gasteiger partial charge in [0.05, 0.1) is 19.8 Å². The van der Waals surface area contributed by atoms with E-state index in [1.165, 1.54) is 11.1 Å². The summed E-state index contributed by atoms with van der Waals surface area (Å²) < 4.78 is 5.32. The first-order valence-corrected chi connectivity index (χ1v) is 7.99. The van der Waals surface area contributed by atoms with Crippen molar-refractivity contribution in [1.29, 1.82) is 0 Å². The number of nitrogens with one attached hydrogen (secondary N) is 1. The van der Waals surface area contributed by atoms with E-state index in [0.717, 1.165) is 18.6 Å². The predicted octanol–water partition coefficient (Wildman–Crippen LogP) is 1.36. The Morgan fingerprint density at radius 1 is 1.50 bits per heavy atom. The minimum absolute atomic E-state index is 0.172. The second kappa shape index (κ2) is 7.31. The van der Waals surface area contributed by atoms with Gasteiger partial charge in [-0.3, -0.25) is 0 Å². The van der Waals surface area contributed by atoms with Crippen LogP contribution in [-0.2, 0) is 6.42 Å². The number of fused-ring (bicyclic) bond motifs is 1. The van der Waals surface area contributed by atoms with E-state index in [4.69, 9.17) is 9.84 Å². The van der Waals surface area contributed by atoms with Gasteiger partial charge < -0.3 is 20.3 Å². The number of benzene rings is 1. The van der Waals surface area contributed by atoms with Gasteiger partial charge in [0.15, 0.2) is 0 Å². The third-order valence-corrected chi connectivity index (χ3v) is 5.30. The average Bonchev–Trinajstić information content (AvgIpc) is 2.51. The van der Waals surface area contributed by atoms with E-state index < -0.39 is 6.10 Å². The van der Waals surface area contributed by atoms with Crippen LogP contribution in [0, 0.1) is 0 Å². The molecular weight excluding hydrogens is 274 g/mol. The molecule has 1 aromatic rings. The van der Waals surface area contributed by atoms with Crippen molar-refractivity contribution in [1.82, 2.24) is 5.32 Å². The Morgan fingerprint density at radius 2 is 2.30 bits per heavy atom. The molecule has 0 spiro atoms. The number of thioether (sulfide) groups is 1.